The standard InChI is InChI=1S/C17H15F2N5.C9H14O2/c1-8(2)24-4-3-10-15(20)22-16(23-17(10)24)12-7-21-14-11(12)5-9(18)6-13(14)19;10-9(11)8-5-6-1-3-7(8)4-2-6/h3-8,21H,1-2H3,(H2,20,22,23);6-8H,1-5H2,(H,10,11). The van der Waals surface area contributed by atoms with Crippen molar-refractivity contribution < 1.29 is 18.7 Å². The summed E-state index contributed by atoms with van der Waals surface area (Å²) in [5, 5.41) is 10.00. The lowest BCUT2D eigenvalue weighted by molar-refractivity contribution is -0.147. The third-order valence-corrected chi connectivity index (χ3v) is 7.47. The van der Waals surface area contributed by atoms with Gasteiger partial charge in [0.15, 0.2) is 5.82 Å². The smallest absolute Gasteiger partial charge is 0.306 e. The number of nitrogen functional groups attached to an aromatic ring is 1. The lowest BCUT2D eigenvalue weighted by atomic mass is 9.65. The summed E-state index contributed by atoms with van der Waals surface area (Å²) in [5.74, 6) is 0.0503. The number of anilines is 1. The third-order valence-electron chi connectivity index (χ3n) is 7.47. The molecule has 1 aromatic carbocycles. The number of rotatable bonds is 3. The minimum Gasteiger partial charge on any atom is -0.481 e. The number of halogens is 2. The lowest BCUT2D eigenvalue weighted by Gasteiger charge is -2.40. The summed E-state index contributed by atoms with van der Waals surface area (Å²) in [6.45, 7) is 4.07. The highest BCUT2D eigenvalue weighted by Gasteiger charge is 2.39. The number of benzene rings is 1. The van der Waals surface area contributed by atoms with E-state index in [0.29, 0.717) is 34.2 Å². The Balaban J connectivity index is 0.000000192. The molecule has 0 spiro atoms. The Morgan fingerprint density at radius 3 is 2.51 bits per heavy atom. The minimum atomic E-state index is -0.657. The van der Waals surface area contributed by atoms with E-state index in [-0.39, 0.29) is 17.5 Å². The van der Waals surface area contributed by atoms with E-state index in [1.165, 1.54) is 31.7 Å². The lowest BCUT2D eigenvalue weighted by Crippen LogP contribution is -2.35. The van der Waals surface area contributed by atoms with Gasteiger partial charge in [-0.2, -0.15) is 0 Å². The number of H-pyrrole nitrogens is 1. The van der Waals surface area contributed by atoms with E-state index >= 15 is 0 Å². The molecule has 184 valence electrons. The van der Waals surface area contributed by atoms with Crippen LogP contribution in [0.2, 0.25) is 0 Å². The molecule has 3 aromatic heterocycles. The first-order chi connectivity index (χ1) is 16.7. The second-order valence-corrected chi connectivity index (χ2v) is 9.96. The van der Waals surface area contributed by atoms with Crippen LogP contribution in [-0.4, -0.2) is 30.6 Å². The molecule has 4 aromatic rings. The SMILES string of the molecule is CC(C)n1ccc2c(N)nc(-c3c[nH]c4c(F)cc(F)cc34)nc21.O=C(O)C1CC2CCC1CC2. The van der Waals surface area contributed by atoms with Crippen molar-refractivity contribution in [3.63, 3.8) is 0 Å². The number of nitrogens with one attached hydrogen (secondary N) is 1. The molecule has 3 fully saturated rings. The second-order valence-electron chi connectivity index (χ2n) is 9.96. The van der Waals surface area contributed by atoms with Crippen molar-refractivity contribution in [2.75, 3.05) is 5.73 Å². The number of fused-ring (bicyclic) bond motifs is 5. The average molecular weight is 482 g/mol. The number of aromatic nitrogens is 4. The molecule has 3 heterocycles. The number of carboxylic acids is 1. The van der Waals surface area contributed by atoms with Crippen molar-refractivity contribution in [2.45, 2.75) is 52.0 Å². The molecule has 0 saturated heterocycles. The molecule has 3 aliphatic carbocycles. The van der Waals surface area contributed by atoms with Gasteiger partial charge in [0, 0.05) is 35.5 Å². The molecular weight excluding hydrogens is 452 g/mol. The molecule has 3 aliphatic rings. The summed E-state index contributed by atoms with van der Waals surface area (Å²) >= 11 is 0. The third kappa shape index (κ3) is 4.24. The van der Waals surface area contributed by atoms with Gasteiger partial charge in [-0.25, -0.2) is 18.7 Å². The maximum atomic E-state index is 13.9. The minimum absolute atomic E-state index is 0.00231. The summed E-state index contributed by atoms with van der Waals surface area (Å²) in [7, 11) is 0. The highest BCUT2D eigenvalue weighted by molar-refractivity contribution is 5.96. The van der Waals surface area contributed by atoms with Crippen LogP contribution in [0.15, 0.2) is 30.6 Å². The zero-order valence-electron chi connectivity index (χ0n) is 19.8. The summed E-state index contributed by atoms with van der Waals surface area (Å²) in [6, 6.07) is 4.16. The van der Waals surface area contributed by atoms with E-state index in [2.05, 4.69) is 15.0 Å². The summed E-state index contributed by atoms with van der Waals surface area (Å²) in [4.78, 5) is 22.4. The number of nitrogens with zero attached hydrogens (tertiary/aromatic N) is 3. The quantitative estimate of drug-likeness (QED) is 0.337. The normalized spacial score (nSPS) is 21.5. The first-order valence-corrected chi connectivity index (χ1v) is 12.1. The Kier molecular flexibility index (Phi) is 5.94. The van der Waals surface area contributed by atoms with E-state index in [1.807, 2.05) is 30.7 Å². The Labute approximate surface area is 201 Å². The maximum absolute atomic E-state index is 13.9. The zero-order valence-corrected chi connectivity index (χ0v) is 19.8. The number of hydrogen-bond donors (Lipinski definition) is 3. The highest BCUT2D eigenvalue weighted by atomic mass is 19.1. The van der Waals surface area contributed by atoms with Crippen LogP contribution in [0.4, 0.5) is 14.6 Å². The summed E-state index contributed by atoms with van der Waals surface area (Å²) in [5.41, 5.74) is 7.47. The van der Waals surface area contributed by atoms with Gasteiger partial charge >= 0.3 is 5.97 Å². The fourth-order valence-electron chi connectivity index (χ4n) is 5.61. The van der Waals surface area contributed by atoms with Gasteiger partial charge in [0.2, 0.25) is 0 Å². The predicted octanol–water partition coefficient (Wildman–Crippen LogP) is 5.92. The fourth-order valence-corrected chi connectivity index (χ4v) is 5.61. The number of carboxylic acid groups (broad SMARTS) is 1. The van der Waals surface area contributed by atoms with Gasteiger partial charge in [0.1, 0.15) is 23.1 Å². The molecule has 35 heavy (non-hydrogen) atoms. The van der Waals surface area contributed by atoms with Crippen LogP contribution >= 0.6 is 0 Å². The van der Waals surface area contributed by atoms with Crippen LogP contribution in [0, 0.1) is 29.4 Å². The van der Waals surface area contributed by atoms with Crippen molar-refractivity contribution in [2.24, 2.45) is 17.8 Å². The molecule has 0 aliphatic heterocycles. The van der Waals surface area contributed by atoms with Gasteiger partial charge in [-0.05, 0) is 57.1 Å². The van der Waals surface area contributed by atoms with Crippen LogP contribution in [-0.2, 0) is 4.79 Å². The van der Waals surface area contributed by atoms with E-state index in [0.717, 1.165) is 23.8 Å². The van der Waals surface area contributed by atoms with Crippen molar-refractivity contribution in [3.8, 4) is 11.4 Å². The average Bonchev–Trinajstić information content (AvgIpc) is 3.45. The molecule has 3 saturated carbocycles. The number of carbonyl (C=O) groups is 1. The van der Waals surface area contributed by atoms with Gasteiger partial charge in [-0.3, -0.25) is 4.79 Å². The summed E-state index contributed by atoms with van der Waals surface area (Å²) < 4.78 is 29.5. The van der Waals surface area contributed by atoms with Crippen LogP contribution < -0.4 is 5.73 Å². The van der Waals surface area contributed by atoms with Gasteiger partial charge in [0.05, 0.1) is 16.8 Å². The van der Waals surface area contributed by atoms with Gasteiger partial charge in [0.25, 0.3) is 0 Å². The molecule has 1 atom stereocenters. The molecule has 7 rings (SSSR count). The monoisotopic (exact) mass is 481 g/mol. The fraction of sp³-hybridized carbons (Fsp3) is 0.423. The highest BCUT2D eigenvalue weighted by Crippen LogP contribution is 2.44. The van der Waals surface area contributed by atoms with Crippen LogP contribution in [0.3, 0.4) is 0 Å². The first-order valence-electron chi connectivity index (χ1n) is 12.1. The van der Waals surface area contributed by atoms with E-state index in [1.54, 1.807) is 6.20 Å². The second kappa shape index (κ2) is 8.94. The Hall–Kier alpha value is -3.49. The molecule has 2 bridgehead atoms. The molecule has 1 unspecified atom stereocenters. The molecule has 9 heteroatoms. The van der Waals surface area contributed by atoms with E-state index in [9.17, 15) is 13.6 Å². The van der Waals surface area contributed by atoms with Gasteiger partial charge < -0.3 is 20.4 Å². The largest absolute Gasteiger partial charge is 0.481 e. The summed E-state index contributed by atoms with van der Waals surface area (Å²) in [6.07, 6.45) is 9.33. The predicted molar refractivity (Wildman–Crippen MR) is 131 cm³/mol. The molecule has 0 radical (unpaired) electrons. The Bertz CT molecular complexity index is 1400. The van der Waals surface area contributed by atoms with Crippen LogP contribution in [0.5, 0.6) is 0 Å². The number of hydrogen-bond acceptors (Lipinski definition) is 4. The van der Waals surface area contributed by atoms with Gasteiger partial charge in [-0.1, -0.05) is 12.8 Å². The Morgan fingerprint density at radius 2 is 1.91 bits per heavy atom. The number of aliphatic carboxylic acids is 1. The maximum Gasteiger partial charge on any atom is 0.306 e. The molecule has 7 nitrogen and oxygen atoms in total. The Morgan fingerprint density at radius 1 is 1.17 bits per heavy atom. The van der Waals surface area contributed by atoms with E-state index in [4.69, 9.17) is 10.8 Å². The number of nitrogens with two attached hydrogens (primary N) is 1. The molecular formula is C26H29F2N5O2. The van der Waals surface area contributed by atoms with Crippen molar-refractivity contribution in [1.82, 2.24) is 19.5 Å². The van der Waals surface area contributed by atoms with Crippen molar-refractivity contribution in [3.05, 3.63) is 42.2 Å². The topological polar surface area (TPSA) is 110 Å². The van der Waals surface area contributed by atoms with E-state index < -0.39 is 17.6 Å². The molecule has 4 N–H and O–H groups in total. The van der Waals surface area contributed by atoms with Crippen molar-refractivity contribution >= 4 is 33.7 Å². The number of aromatic amines is 1. The first kappa shape index (κ1) is 23.3. The van der Waals surface area contributed by atoms with Crippen molar-refractivity contribution in [1.29, 1.82) is 0 Å². The van der Waals surface area contributed by atoms with Crippen LogP contribution in [0.1, 0.15) is 52.0 Å². The van der Waals surface area contributed by atoms with Gasteiger partial charge in [-0.15, -0.1) is 0 Å². The van der Waals surface area contributed by atoms with Crippen LogP contribution in [0.25, 0.3) is 33.3 Å². The molecule has 0 amide bonds. The zero-order chi connectivity index (χ0) is 24.9.